The molecule has 0 aliphatic carbocycles. The van der Waals surface area contributed by atoms with E-state index in [0.717, 1.165) is 47.4 Å². The van der Waals surface area contributed by atoms with E-state index in [1.165, 1.54) is 0 Å². The maximum Gasteiger partial charge on any atom is 0.270 e. The Kier molecular flexibility index (Phi) is 6.17. The Hall–Kier alpha value is -2.37. The number of nitrogens with zero attached hydrogens (tertiary/aromatic N) is 2. The Morgan fingerprint density at radius 3 is 2.36 bits per heavy atom. The standard InChI is InChI=1S/C19H21N3O2.ClH/c1-3-21(4-2)13-18-19(14-8-6-5-7-9-14)16-12-15(22(23)24)10-11-17(16)20-18;/h5-12,20H,3-4,13H2,1-2H3;1H. The molecule has 0 saturated carbocycles. The summed E-state index contributed by atoms with van der Waals surface area (Å²) in [5.41, 5.74) is 4.28. The lowest BCUT2D eigenvalue weighted by Crippen LogP contribution is -2.22. The number of aromatic nitrogens is 1. The van der Waals surface area contributed by atoms with Crippen LogP contribution < -0.4 is 0 Å². The minimum atomic E-state index is -0.342. The first kappa shape index (κ1) is 19.0. The molecule has 0 radical (unpaired) electrons. The van der Waals surface area contributed by atoms with Crippen molar-refractivity contribution in [2.75, 3.05) is 13.1 Å². The highest BCUT2D eigenvalue weighted by Crippen LogP contribution is 2.35. The van der Waals surface area contributed by atoms with E-state index in [0.29, 0.717) is 0 Å². The first-order chi connectivity index (χ1) is 11.6. The molecule has 1 heterocycles. The van der Waals surface area contributed by atoms with Crippen LogP contribution in [0, 0.1) is 10.1 Å². The zero-order chi connectivity index (χ0) is 17.1. The second-order valence-electron chi connectivity index (χ2n) is 5.79. The number of nitro benzene ring substituents is 1. The molecule has 0 aliphatic heterocycles. The van der Waals surface area contributed by atoms with Crippen LogP contribution in [0.4, 0.5) is 5.69 Å². The average molecular weight is 360 g/mol. The number of benzene rings is 2. The molecule has 0 amide bonds. The van der Waals surface area contributed by atoms with Gasteiger partial charge >= 0.3 is 0 Å². The van der Waals surface area contributed by atoms with E-state index >= 15 is 0 Å². The number of halogens is 1. The van der Waals surface area contributed by atoms with Crippen LogP contribution in [0.2, 0.25) is 0 Å². The molecule has 0 spiro atoms. The van der Waals surface area contributed by atoms with Gasteiger partial charge in [-0.1, -0.05) is 44.2 Å². The predicted octanol–water partition coefficient (Wildman–Crippen LogP) is 5.01. The van der Waals surface area contributed by atoms with Crippen molar-refractivity contribution in [1.82, 2.24) is 9.88 Å². The van der Waals surface area contributed by atoms with Crippen molar-refractivity contribution < 1.29 is 4.92 Å². The number of hydrogen-bond donors (Lipinski definition) is 1. The quantitative estimate of drug-likeness (QED) is 0.497. The van der Waals surface area contributed by atoms with Crippen LogP contribution in [-0.4, -0.2) is 27.9 Å². The first-order valence-corrected chi connectivity index (χ1v) is 8.20. The van der Waals surface area contributed by atoms with Crippen LogP contribution >= 0.6 is 12.4 Å². The van der Waals surface area contributed by atoms with Gasteiger partial charge in [0.05, 0.1) is 4.92 Å². The van der Waals surface area contributed by atoms with Gasteiger partial charge in [0, 0.05) is 40.8 Å². The van der Waals surface area contributed by atoms with Crippen LogP contribution in [0.25, 0.3) is 22.0 Å². The molecule has 0 fully saturated rings. The number of aromatic amines is 1. The molecule has 0 saturated heterocycles. The fourth-order valence-corrected chi connectivity index (χ4v) is 3.07. The van der Waals surface area contributed by atoms with Crippen LogP contribution in [0.15, 0.2) is 48.5 Å². The van der Waals surface area contributed by atoms with Crippen LogP contribution in [-0.2, 0) is 6.54 Å². The zero-order valence-electron chi connectivity index (χ0n) is 14.4. The van der Waals surface area contributed by atoms with Gasteiger partial charge < -0.3 is 4.98 Å². The number of H-pyrrole nitrogens is 1. The molecule has 132 valence electrons. The molecule has 1 N–H and O–H groups in total. The molecule has 2 aromatic carbocycles. The third-order valence-corrected chi connectivity index (χ3v) is 4.41. The lowest BCUT2D eigenvalue weighted by Gasteiger charge is -2.18. The number of nitrogens with one attached hydrogen (secondary N) is 1. The number of rotatable bonds is 6. The zero-order valence-corrected chi connectivity index (χ0v) is 15.2. The molecule has 6 heteroatoms. The Bertz CT molecular complexity index is 858. The maximum atomic E-state index is 11.2. The number of fused-ring (bicyclic) bond motifs is 1. The highest BCUT2D eigenvalue weighted by molar-refractivity contribution is 5.98. The summed E-state index contributed by atoms with van der Waals surface area (Å²) in [6, 6.07) is 15.1. The fourth-order valence-electron chi connectivity index (χ4n) is 3.07. The van der Waals surface area contributed by atoms with Crippen LogP contribution in [0.5, 0.6) is 0 Å². The summed E-state index contributed by atoms with van der Waals surface area (Å²) in [7, 11) is 0. The Morgan fingerprint density at radius 1 is 1.08 bits per heavy atom. The fraction of sp³-hybridized carbons (Fsp3) is 0.263. The van der Waals surface area contributed by atoms with Gasteiger partial charge in [-0.15, -0.1) is 12.4 Å². The van der Waals surface area contributed by atoms with Gasteiger partial charge in [-0.2, -0.15) is 0 Å². The summed E-state index contributed by atoms with van der Waals surface area (Å²) >= 11 is 0. The Balaban J connectivity index is 0.00000225. The molecule has 25 heavy (non-hydrogen) atoms. The van der Waals surface area contributed by atoms with Crippen LogP contribution in [0.1, 0.15) is 19.5 Å². The van der Waals surface area contributed by atoms with Gasteiger partial charge in [-0.05, 0) is 24.7 Å². The molecular formula is C19H22ClN3O2. The lowest BCUT2D eigenvalue weighted by molar-refractivity contribution is -0.384. The summed E-state index contributed by atoms with van der Waals surface area (Å²) in [6.45, 7) is 6.98. The third kappa shape index (κ3) is 3.83. The Labute approximate surface area is 153 Å². The molecule has 1 aromatic heterocycles. The number of hydrogen-bond acceptors (Lipinski definition) is 3. The van der Waals surface area contributed by atoms with Gasteiger partial charge in [0.2, 0.25) is 0 Å². The van der Waals surface area contributed by atoms with Gasteiger partial charge in [0.25, 0.3) is 5.69 Å². The molecule has 3 aromatic rings. The maximum absolute atomic E-state index is 11.2. The topological polar surface area (TPSA) is 62.2 Å². The minimum absolute atomic E-state index is 0. The average Bonchev–Trinajstić information content (AvgIpc) is 2.97. The highest BCUT2D eigenvalue weighted by Gasteiger charge is 2.17. The molecule has 0 unspecified atom stereocenters. The van der Waals surface area contributed by atoms with E-state index in [4.69, 9.17) is 0 Å². The van der Waals surface area contributed by atoms with Crippen molar-refractivity contribution in [2.45, 2.75) is 20.4 Å². The van der Waals surface area contributed by atoms with Crippen molar-refractivity contribution in [3.63, 3.8) is 0 Å². The van der Waals surface area contributed by atoms with Crippen molar-refractivity contribution in [1.29, 1.82) is 0 Å². The minimum Gasteiger partial charge on any atom is -0.357 e. The third-order valence-electron chi connectivity index (χ3n) is 4.41. The monoisotopic (exact) mass is 359 g/mol. The smallest absolute Gasteiger partial charge is 0.270 e. The highest BCUT2D eigenvalue weighted by atomic mass is 35.5. The summed E-state index contributed by atoms with van der Waals surface area (Å²) in [5, 5.41) is 12.1. The first-order valence-electron chi connectivity index (χ1n) is 8.20. The van der Waals surface area contributed by atoms with Crippen molar-refractivity contribution in [3.8, 4) is 11.1 Å². The molecule has 5 nitrogen and oxygen atoms in total. The van der Waals surface area contributed by atoms with Crippen LogP contribution in [0.3, 0.4) is 0 Å². The van der Waals surface area contributed by atoms with Crippen molar-refractivity contribution >= 4 is 29.0 Å². The van der Waals surface area contributed by atoms with E-state index < -0.39 is 0 Å². The summed E-state index contributed by atoms with van der Waals surface area (Å²) in [5.74, 6) is 0. The van der Waals surface area contributed by atoms with E-state index in [9.17, 15) is 10.1 Å². The van der Waals surface area contributed by atoms with Gasteiger partial charge in [-0.3, -0.25) is 15.0 Å². The largest absolute Gasteiger partial charge is 0.357 e. The van der Waals surface area contributed by atoms with E-state index in [2.05, 4.69) is 23.7 Å². The molecule has 0 bridgehead atoms. The second kappa shape index (κ2) is 8.14. The van der Waals surface area contributed by atoms with E-state index in [1.807, 2.05) is 30.3 Å². The molecule has 3 rings (SSSR count). The lowest BCUT2D eigenvalue weighted by atomic mass is 10.0. The molecular weight excluding hydrogens is 338 g/mol. The summed E-state index contributed by atoms with van der Waals surface area (Å²) in [6.07, 6.45) is 0. The predicted molar refractivity (Wildman–Crippen MR) is 104 cm³/mol. The van der Waals surface area contributed by atoms with E-state index in [1.54, 1.807) is 18.2 Å². The Morgan fingerprint density at radius 2 is 1.76 bits per heavy atom. The van der Waals surface area contributed by atoms with Gasteiger partial charge in [0.1, 0.15) is 0 Å². The van der Waals surface area contributed by atoms with Crippen molar-refractivity contribution in [3.05, 3.63) is 64.3 Å². The summed E-state index contributed by atoms with van der Waals surface area (Å²) < 4.78 is 0. The van der Waals surface area contributed by atoms with Gasteiger partial charge in [-0.25, -0.2) is 0 Å². The SMILES string of the molecule is CCN(CC)Cc1[nH]c2ccc([N+](=O)[O-])cc2c1-c1ccccc1.Cl. The van der Waals surface area contributed by atoms with E-state index in [-0.39, 0.29) is 23.0 Å². The number of nitro groups is 1. The van der Waals surface area contributed by atoms with Gasteiger partial charge in [0.15, 0.2) is 0 Å². The second-order valence-corrected chi connectivity index (χ2v) is 5.79. The normalized spacial score (nSPS) is 10.8. The molecule has 0 atom stereocenters. The van der Waals surface area contributed by atoms with Crippen molar-refractivity contribution in [2.24, 2.45) is 0 Å². The summed E-state index contributed by atoms with van der Waals surface area (Å²) in [4.78, 5) is 16.6. The number of non-ortho nitro benzene ring substituents is 1. The molecule has 0 aliphatic rings.